The van der Waals surface area contributed by atoms with Crippen LogP contribution in [0.1, 0.15) is 61.8 Å². The number of nitrogens with two attached hydrogens (primary N) is 1. The second kappa shape index (κ2) is 7.74. The molecule has 2 saturated heterocycles. The molecular formula is C18H30N6O3S. The molecule has 0 unspecified atom stereocenters. The number of aromatic nitrogens is 2. The first-order valence-electron chi connectivity index (χ1n) is 10.2. The van der Waals surface area contributed by atoms with Gasteiger partial charge in [0.05, 0.1) is 17.8 Å². The first-order valence-corrected chi connectivity index (χ1v) is 11.6. The molecule has 1 saturated carbocycles. The van der Waals surface area contributed by atoms with Gasteiger partial charge in [0.2, 0.25) is 0 Å². The van der Waals surface area contributed by atoms with Gasteiger partial charge in [0.25, 0.3) is 16.1 Å². The summed E-state index contributed by atoms with van der Waals surface area (Å²) in [7, 11) is -3.48. The molecule has 3 heterocycles. The summed E-state index contributed by atoms with van der Waals surface area (Å²) in [4.78, 5) is 12.5. The molecular weight excluding hydrogens is 380 g/mol. The van der Waals surface area contributed by atoms with Crippen LogP contribution in [0.25, 0.3) is 0 Å². The maximum absolute atomic E-state index is 13.0. The number of carbonyl (C=O) groups excluding carboxylic acids is 1. The zero-order valence-electron chi connectivity index (χ0n) is 16.3. The maximum Gasteiger partial charge on any atom is 0.282 e. The van der Waals surface area contributed by atoms with Gasteiger partial charge >= 0.3 is 0 Å². The van der Waals surface area contributed by atoms with Crippen molar-refractivity contribution in [1.29, 1.82) is 0 Å². The first kappa shape index (κ1) is 19.8. The summed E-state index contributed by atoms with van der Waals surface area (Å²) in [6.07, 6.45) is 8.28. The largest absolute Gasteiger partial charge is 0.349 e. The highest BCUT2D eigenvalue weighted by atomic mass is 32.2. The van der Waals surface area contributed by atoms with E-state index >= 15 is 0 Å². The van der Waals surface area contributed by atoms with Crippen molar-refractivity contribution in [2.45, 2.75) is 69.6 Å². The second-order valence-corrected chi connectivity index (χ2v) is 10.2. The third kappa shape index (κ3) is 4.10. The quantitative estimate of drug-likeness (QED) is 0.732. The highest BCUT2D eigenvalue weighted by Gasteiger charge is 2.38. The number of hydrogen-bond donors (Lipinski definition) is 2. The minimum absolute atomic E-state index is 0.0343. The Labute approximate surface area is 166 Å². The van der Waals surface area contributed by atoms with E-state index in [0.717, 1.165) is 12.8 Å². The lowest BCUT2D eigenvalue weighted by molar-refractivity contribution is 0.0912. The Balaban J connectivity index is 1.33. The van der Waals surface area contributed by atoms with Gasteiger partial charge in [0.15, 0.2) is 0 Å². The summed E-state index contributed by atoms with van der Waals surface area (Å²) in [5.74, 6) is -0.134. The van der Waals surface area contributed by atoms with Crippen LogP contribution in [-0.2, 0) is 10.2 Å². The van der Waals surface area contributed by atoms with Gasteiger partial charge in [-0.2, -0.15) is 22.1 Å². The summed E-state index contributed by atoms with van der Waals surface area (Å²) in [6.45, 7) is 3.30. The zero-order valence-corrected chi connectivity index (χ0v) is 17.1. The molecule has 9 nitrogen and oxygen atoms in total. The molecule has 0 spiro atoms. The molecule has 2 atom stereocenters. The first-order chi connectivity index (χ1) is 13.3. The van der Waals surface area contributed by atoms with Crippen molar-refractivity contribution < 1.29 is 13.2 Å². The molecule has 1 aromatic rings. The highest BCUT2D eigenvalue weighted by Crippen LogP contribution is 2.34. The number of nitrogens with zero attached hydrogens (tertiary/aromatic N) is 4. The van der Waals surface area contributed by atoms with Crippen molar-refractivity contribution in [3.63, 3.8) is 0 Å². The molecule has 10 heteroatoms. The lowest BCUT2D eigenvalue weighted by atomic mass is 10.0. The summed E-state index contributed by atoms with van der Waals surface area (Å²) >= 11 is 0. The average Bonchev–Trinajstić information content (AvgIpc) is 3.38. The molecule has 0 radical (unpaired) electrons. The molecule has 1 amide bonds. The third-order valence-corrected chi connectivity index (χ3v) is 8.21. The van der Waals surface area contributed by atoms with E-state index in [4.69, 9.17) is 5.73 Å². The van der Waals surface area contributed by atoms with Gasteiger partial charge in [-0.15, -0.1) is 0 Å². The lowest BCUT2D eigenvalue weighted by Crippen LogP contribution is -2.56. The van der Waals surface area contributed by atoms with E-state index in [1.165, 1.54) is 0 Å². The fraction of sp³-hybridized carbons (Fsp3) is 0.778. The van der Waals surface area contributed by atoms with Gasteiger partial charge < -0.3 is 11.1 Å². The zero-order chi connectivity index (χ0) is 19.9. The van der Waals surface area contributed by atoms with Crippen molar-refractivity contribution in [1.82, 2.24) is 23.7 Å². The van der Waals surface area contributed by atoms with Crippen LogP contribution in [0.15, 0.2) is 12.4 Å². The van der Waals surface area contributed by atoms with E-state index in [9.17, 15) is 13.2 Å². The molecule has 156 valence electrons. The summed E-state index contributed by atoms with van der Waals surface area (Å²) < 4.78 is 31.0. The van der Waals surface area contributed by atoms with Gasteiger partial charge in [-0.3, -0.25) is 9.48 Å². The number of amides is 1. The molecule has 4 rings (SSSR count). The van der Waals surface area contributed by atoms with Gasteiger partial charge in [-0.1, -0.05) is 0 Å². The molecule has 2 aliphatic heterocycles. The van der Waals surface area contributed by atoms with Crippen LogP contribution in [0.2, 0.25) is 0 Å². The molecule has 0 bridgehead atoms. The van der Waals surface area contributed by atoms with Crippen molar-refractivity contribution in [2.75, 3.05) is 19.6 Å². The van der Waals surface area contributed by atoms with E-state index in [1.807, 2.05) is 11.6 Å². The minimum atomic E-state index is -3.48. The molecule has 1 aliphatic carbocycles. The number of hydrogen-bond acceptors (Lipinski definition) is 5. The Morgan fingerprint density at radius 1 is 1.18 bits per heavy atom. The van der Waals surface area contributed by atoms with E-state index in [2.05, 4.69) is 10.4 Å². The topological polar surface area (TPSA) is 114 Å². The van der Waals surface area contributed by atoms with Crippen molar-refractivity contribution >= 4 is 16.1 Å². The Kier molecular flexibility index (Phi) is 5.47. The Morgan fingerprint density at radius 2 is 1.89 bits per heavy atom. The average molecular weight is 411 g/mol. The predicted molar refractivity (Wildman–Crippen MR) is 105 cm³/mol. The number of rotatable bonds is 5. The summed E-state index contributed by atoms with van der Waals surface area (Å²) in [5, 5.41) is 7.31. The van der Waals surface area contributed by atoms with Gasteiger partial charge in [-0.05, 0) is 45.4 Å². The van der Waals surface area contributed by atoms with Crippen LogP contribution >= 0.6 is 0 Å². The minimum Gasteiger partial charge on any atom is -0.349 e. The Morgan fingerprint density at radius 3 is 2.54 bits per heavy atom. The predicted octanol–water partition coefficient (Wildman–Crippen LogP) is 0.469. The smallest absolute Gasteiger partial charge is 0.282 e. The monoisotopic (exact) mass is 410 g/mol. The summed E-state index contributed by atoms with van der Waals surface area (Å²) in [5.41, 5.74) is 6.47. The molecule has 3 fully saturated rings. The van der Waals surface area contributed by atoms with E-state index in [0.29, 0.717) is 56.9 Å². The van der Waals surface area contributed by atoms with Crippen molar-refractivity contribution in [3.05, 3.63) is 18.0 Å². The molecule has 28 heavy (non-hydrogen) atoms. The van der Waals surface area contributed by atoms with Gasteiger partial charge in [0, 0.05) is 44.0 Å². The maximum atomic E-state index is 13.0. The van der Waals surface area contributed by atoms with E-state index < -0.39 is 10.2 Å². The SMILES string of the molecule is C[C@H]1C[C@@H](NC(=O)c2cnn(C3CC3)c2)CCN1S(=O)(=O)N1CCC(N)CC1. The standard InChI is InChI=1S/C18H30N6O3S/c1-13-10-16(21-18(25)14-11-20-23(12-14)17-2-3-17)6-9-24(13)28(26,27)22-7-4-15(19)5-8-22/h11-13,15-17H,2-10,19H2,1H3,(H,21,25)/t13-,16-/m0/s1. The van der Waals surface area contributed by atoms with Crippen LogP contribution in [0.5, 0.6) is 0 Å². The van der Waals surface area contributed by atoms with Gasteiger partial charge in [0.1, 0.15) is 0 Å². The van der Waals surface area contributed by atoms with Gasteiger partial charge in [-0.25, -0.2) is 0 Å². The Bertz CT molecular complexity index is 813. The molecule has 3 N–H and O–H groups in total. The van der Waals surface area contributed by atoms with Crippen LogP contribution in [0, 0.1) is 0 Å². The fourth-order valence-corrected chi connectivity index (χ4v) is 5.99. The molecule has 1 aromatic heterocycles. The summed E-state index contributed by atoms with van der Waals surface area (Å²) in [6, 6.07) is 0.343. The van der Waals surface area contributed by atoms with Crippen LogP contribution < -0.4 is 11.1 Å². The van der Waals surface area contributed by atoms with Crippen LogP contribution in [-0.4, -0.2) is 70.5 Å². The molecule has 0 aromatic carbocycles. The van der Waals surface area contributed by atoms with E-state index in [-0.39, 0.29) is 24.0 Å². The lowest BCUT2D eigenvalue weighted by Gasteiger charge is -2.40. The number of piperidine rings is 2. The molecule has 3 aliphatic rings. The van der Waals surface area contributed by atoms with Crippen LogP contribution in [0.4, 0.5) is 0 Å². The Hall–Kier alpha value is -1.49. The third-order valence-electron chi connectivity index (χ3n) is 6.06. The van der Waals surface area contributed by atoms with Crippen molar-refractivity contribution in [2.24, 2.45) is 5.73 Å². The fourth-order valence-electron chi connectivity index (χ4n) is 4.14. The second-order valence-electron chi connectivity index (χ2n) is 8.34. The van der Waals surface area contributed by atoms with E-state index in [1.54, 1.807) is 21.0 Å². The highest BCUT2D eigenvalue weighted by molar-refractivity contribution is 7.86. The normalized spacial score (nSPS) is 28.4. The van der Waals surface area contributed by atoms with Crippen LogP contribution in [0.3, 0.4) is 0 Å². The van der Waals surface area contributed by atoms with Crippen molar-refractivity contribution in [3.8, 4) is 0 Å². The number of carbonyl (C=O) groups is 1. The number of nitrogens with one attached hydrogen (secondary N) is 1.